The third-order valence-electron chi connectivity index (χ3n) is 4.45. The molecule has 0 bridgehead atoms. The molecule has 2 aromatic carbocycles. The molecule has 7 nitrogen and oxygen atoms in total. The van der Waals surface area contributed by atoms with Gasteiger partial charge in [0, 0.05) is 6.54 Å². The van der Waals surface area contributed by atoms with Gasteiger partial charge in [0.1, 0.15) is 5.75 Å². The molecule has 4 rings (SSSR count). The molecule has 0 fully saturated rings. The van der Waals surface area contributed by atoms with Crippen LogP contribution < -0.4 is 10.1 Å². The van der Waals surface area contributed by atoms with Gasteiger partial charge in [0.25, 0.3) is 5.91 Å². The van der Waals surface area contributed by atoms with Gasteiger partial charge in [-0.25, -0.2) is 0 Å². The molecule has 1 N–H and O–H groups in total. The van der Waals surface area contributed by atoms with Gasteiger partial charge in [-0.2, -0.15) is 9.67 Å². The van der Waals surface area contributed by atoms with Crippen molar-refractivity contribution in [2.24, 2.45) is 0 Å². The van der Waals surface area contributed by atoms with Gasteiger partial charge in [0.05, 0.1) is 18.9 Å². The van der Waals surface area contributed by atoms with Crippen molar-refractivity contribution < 1.29 is 13.9 Å². The molecule has 0 atom stereocenters. The average molecular weight is 388 g/mol. The zero-order chi connectivity index (χ0) is 20.2. The summed E-state index contributed by atoms with van der Waals surface area (Å²) in [6.45, 7) is 2.53. The predicted molar refractivity (Wildman–Crippen MR) is 109 cm³/mol. The minimum Gasteiger partial charge on any atom is -0.496 e. The van der Waals surface area contributed by atoms with E-state index in [0.29, 0.717) is 35.4 Å². The number of aryl methyl sites for hydroxylation is 1. The maximum atomic E-state index is 13.2. The van der Waals surface area contributed by atoms with Crippen molar-refractivity contribution in [3.8, 4) is 17.3 Å². The third kappa shape index (κ3) is 3.89. The molecule has 29 heavy (non-hydrogen) atoms. The second kappa shape index (κ2) is 8.02. The Labute approximate surface area is 168 Å². The summed E-state index contributed by atoms with van der Waals surface area (Å²) in [5.74, 6) is 1.25. The monoisotopic (exact) mass is 388 g/mol. The van der Waals surface area contributed by atoms with Crippen LogP contribution in [0.2, 0.25) is 0 Å². The van der Waals surface area contributed by atoms with Crippen LogP contribution in [0.3, 0.4) is 0 Å². The highest BCUT2D eigenvalue weighted by Crippen LogP contribution is 2.23. The summed E-state index contributed by atoms with van der Waals surface area (Å²) in [4.78, 5) is 17.7. The minimum atomic E-state index is -0.348. The number of carbonyl (C=O) groups is 1. The van der Waals surface area contributed by atoms with Gasteiger partial charge in [-0.1, -0.05) is 42.0 Å². The standard InChI is InChI=1S/C22H20N4O3/c1-15-9-11-16(12-10-15)14-23-22-24-20(19-8-5-13-29-19)25-26(22)21(27)17-6-3-4-7-18(17)28-2/h3-13H,14H2,1-2H3,(H,23,24,25). The zero-order valence-corrected chi connectivity index (χ0v) is 16.1. The van der Waals surface area contributed by atoms with Crippen molar-refractivity contribution in [3.63, 3.8) is 0 Å². The first kappa shape index (κ1) is 18.5. The van der Waals surface area contributed by atoms with E-state index in [1.54, 1.807) is 30.3 Å². The fraction of sp³-hybridized carbons (Fsp3) is 0.136. The summed E-state index contributed by atoms with van der Waals surface area (Å²) < 4.78 is 12.0. The van der Waals surface area contributed by atoms with Crippen LogP contribution >= 0.6 is 0 Å². The molecular weight excluding hydrogens is 368 g/mol. The van der Waals surface area contributed by atoms with E-state index in [4.69, 9.17) is 9.15 Å². The van der Waals surface area contributed by atoms with Crippen molar-refractivity contribution in [3.05, 3.63) is 83.6 Å². The Morgan fingerprint density at radius 2 is 1.90 bits per heavy atom. The average Bonchev–Trinajstić information content (AvgIpc) is 3.43. The highest BCUT2D eigenvalue weighted by molar-refractivity contribution is 5.99. The Morgan fingerprint density at radius 1 is 1.10 bits per heavy atom. The van der Waals surface area contributed by atoms with E-state index in [1.807, 2.05) is 37.3 Å². The molecule has 0 spiro atoms. The van der Waals surface area contributed by atoms with Gasteiger partial charge in [-0.05, 0) is 36.8 Å². The number of hydrogen-bond donors (Lipinski definition) is 1. The van der Waals surface area contributed by atoms with Crippen molar-refractivity contribution in [1.29, 1.82) is 0 Å². The SMILES string of the molecule is COc1ccccc1C(=O)n1nc(-c2ccco2)nc1NCc1ccc(C)cc1. The molecule has 0 saturated heterocycles. The Kier molecular flexibility index (Phi) is 5.11. The molecule has 7 heteroatoms. The van der Waals surface area contributed by atoms with Crippen LogP contribution in [0, 0.1) is 6.92 Å². The van der Waals surface area contributed by atoms with Crippen LogP contribution in [-0.4, -0.2) is 27.8 Å². The number of benzene rings is 2. The summed E-state index contributed by atoms with van der Waals surface area (Å²) in [6, 6.07) is 18.6. The van der Waals surface area contributed by atoms with E-state index < -0.39 is 0 Å². The summed E-state index contributed by atoms with van der Waals surface area (Å²) in [5, 5.41) is 7.58. The fourth-order valence-electron chi connectivity index (χ4n) is 2.90. The smallest absolute Gasteiger partial charge is 0.285 e. The Balaban J connectivity index is 1.69. The van der Waals surface area contributed by atoms with E-state index in [9.17, 15) is 4.79 Å². The second-order valence-electron chi connectivity index (χ2n) is 6.49. The molecular formula is C22H20N4O3. The molecule has 2 aromatic heterocycles. The second-order valence-corrected chi connectivity index (χ2v) is 6.49. The lowest BCUT2D eigenvalue weighted by Crippen LogP contribution is -2.18. The van der Waals surface area contributed by atoms with Crippen LogP contribution in [0.5, 0.6) is 5.75 Å². The van der Waals surface area contributed by atoms with Crippen molar-refractivity contribution in [1.82, 2.24) is 14.8 Å². The third-order valence-corrected chi connectivity index (χ3v) is 4.45. The highest BCUT2D eigenvalue weighted by atomic mass is 16.5. The maximum absolute atomic E-state index is 13.2. The van der Waals surface area contributed by atoms with Crippen LogP contribution in [0.4, 0.5) is 5.95 Å². The summed E-state index contributed by atoms with van der Waals surface area (Å²) >= 11 is 0. The number of para-hydroxylation sites is 1. The van der Waals surface area contributed by atoms with Gasteiger partial charge in [0.2, 0.25) is 11.8 Å². The van der Waals surface area contributed by atoms with E-state index in [0.717, 1.165) is 5.56 Å². The molecule has 0 saturated carbocycles. The number of ether oxygens (including phenoxy) is 1. The summed E-state index contributed by atoms with van der Waals surface area (Å²) in [7, 11) is 1.53. The molecule has 4 aromatic rings. The van der Waals surface area contributed by atoms with Crippen molar-refractivity contribution >= 4 is 11.9 Å². The van der Waals surface area contributed by atoms with Gasteiger partial charge in [0.15, 0.2) is 5.76 Å². The van der Waals surface area contributed by atoms with Crippen LogP contribution in [0.1, 0.15) is 21.5 Å². The summed E-state index contributed by atoms with van der Waals surface area (Å²) in [6.07, 6.45) is 1.54. The van der Waals surface area contributed by atoms with Crippen LogP contribution in [0.25, 0.3) is 11.6 Å². The maximum Gasteiger partial charge on any atom is 0.285 e. The van der Waals surface area contributed by atoms with Crippen molar-refractivity contribution in [2.75, 3.05) is 12.4 Å². The van der Waals surface area contributed by atoms with E-state index in [2.05, 4.69) is 15.4 Å². The number of rotatable bonds is 6. The predicted octanol–water partition coefficient (Wildman–Crippen LogP) is 4.16. The molecule has 0 unspecified atom stereocenters. The molecule has 0 aliphatic rings. The van der Waals surface area contributed by atoms with E-state index >= 15 is 0 Å². The number of nitrogens with one attached hydrogen (secondary N) is 1. The lowest BCUT2D eigenvalue weighted by molar-refractivity contribution is 0.0944. The number of nitrogens with zero attached hydrogens (tertiary/aromatic N) is 3. The first-order chi connectivity index (χ1) is 14.2. The lowest BCUT2D eigenvalue weighted by atomic mass is 10.1. The molecule has 0 aliphatic carbocycles. The van der Waals surface area contributed by atoms with E-state index in [1.165, 1.54) is 23.6 Å². The Bertz CT molecular complexity index is 1120. The van der Waals surface area contributed by atoms with Crippen LogP contribution in [0.15, 0.2) is 71.3 Å². The normalized spacial score (nSPS) is 10.7. The van der Waals surface area contributed by atoms with Gasteiger partial charge in [-0.3, -0.25) is 4.79 Å². The topological polar surface area (TPSA) is 82.2 Å². The van der Waals surface area contributed by atoms with Crippen LogP contribution in [-0.2, 0) is 6.54 Å². The van der Waals surface area contributed by atoms with E-state index in [-0.39, 0.29) is 5.91 Å². The number of aromatic nitrogens is 3. The van der Waals surface area contributed by atoms with Gasteiger partial charge in [-0.15, -0.1) is 5.10 Å². The fourth-order valence-corrected chi connectivity index (χ4v) is 2.90. The quantitative estimate of drug-likeness (QED) is 0.534. The number of carbonyl (C=O) groups excluding carboxylic acids is 1. The molecule has 0 radical (unpaired) electrons. The number of methoxy groups -OCH3 is 1. The van der Waals surface area contributed by atoms with Crippen molar-refractivity contribution in [2.45, 2.75) is 13.5 Å². The largest absolute Gasteiger partial charge is 0.496 e. The Morgan fingerprint density at radius 3 is 2.62 bits per heavy atom. The summed E-state index contributed by atoms with van der Waals surface area (Å²) in [5.41, 5.74) is 2.64. The first-order valence-corrected chi connectivity index (χ1v) is 9.14. The molecule has 0 amide bonds. The number of hydrogen-bond acceptors (Lipinski definition) is 6. The van der Waals surface area contributed by atoms with Gasteiger partial charge >= 0.3 is 0 Å². The zero-order valence-electron chi connectivity index (χ0n) is 16.1. The Hall–Kier alpha value is -3.87. The lowest BCUT2D eigenvalue weighted by Gasteiger charge is -2.10. The number of anilines is 1. The molecule has 146 valence electrons. The van der Waals surface area contributed by atoms with Gasteiger partial charge < -0.3 is 14.5 Å². The minimum absolute atomic E-state index is 0.324. The first-order valence-electron chi connectivity index (χ1n) is 9.14. The highest BCUT2D eigenvalue weighted by Gasteiger charge is 2.22. The number of furan rings is 1. The molecule has 2 heterocycles. The molecule has 0 aliphatic heterocycles.